The topological polar surface area (TPSA) is 43.8 Å². The van der Waals surface area contributed by atoms with Crippen molar-refractivity contribution in [3.63, 3.8) is 0 Å². The van der Waals surface area contributed by atoms with Gasteiger partial charge in [-0.05, 0) is 61.7 Å². The lowest BCUT2D eigenvalue weighted by Gasteiger charge is -2.09. The summed E-state index contributed by atoms with van der Waals surface area (Å²) in [5.74, 6) is 0. The van der Waals surface area contributed by atoms with Crippen molar-refractivity contribution in [1.29, 1.82) is 0 Å². The Balaban J connectivity index is 2.12. The predicted molar refractivity (Wildman–Crippen MR) is 83.1 cm³/mol. The molecule has 0 aliphatic carbocycles. The molecule has 0 amide bonds. The van der Waals surface area contributed by atoms with Crippen LogP contribution in [-0.4, -0.2) is 9.55 Å². The second-order valence-corrected chi connectivity index (χ2v) is 5.42. The zero-order valence-corrected chi connectivity index (χ0v) is 12.1. The van der Waals surface area contributed by atoms with Gasteiger partial charge in [-0.1, -0.05) is 12.1 Å². The number of benzene rings is 2. The van der Waals surface area contributed by atoms with Gasteiger partial charge in [0.2, 0.25) is 0 Å². The summed E-state index contributed by atoms with van der Waals surface area (Å²) in [6.07, 6.45) is 1.88. The number of hydrogen-bond acceptors (Lipinski definition) is 2. The van der Waals surface area contributed by atoms with Crippen molar-refractivity contribution in [3.05, 3.63) is 59.4 Å². The van der Waals surface area contributed by atoms with Gasteiger partial charge >= 0.3 is 0 Å². The van der Waals surface area contributed by atoms with E-state index in [2.05, 4.69) is 59.8 Å². The van der Waals surface area contributed by atoms with Crippen LogP contribution in [-0.2, 0) is 0 Å². The monoisotopic (exact) mass is 265 g/mol. The number of nitrogens with two attached hydrogens (primary N) is 1. The molecule has 3 aromatic rings. The van der Waals surface area contributed by atoms with E-state index < -0.39 is 0 Å². The normalized spacial score (nSPS) is 12.8. The van der Waals surface area contributed by atoms with Crippen LogP contribution in [0.2, 0.25) is 0 Å². The highest BCUT2D eigenvalue weighted by atomic mass is 15.0. The van der Waals surface area contributed by atoms with Crippen LogP contribution in [0.25, 0.3) is 16.7 Å². The molecule has 20 heavy (non-hydrogen) atoms. The summed E-state index contributed by atoms with van der Waals surface area (Å²) < 4.78 is 2.12. The van der Waals surface area contributed by atoms with Crippen LogP contribution < -0.4 is 5.73 Å². The molecule has 0 bridgehead atoms. The Hall–Kier alpha value is -2.13. The van der Waals surface area contributed by atoms with Crippen molar-refractivity contribution < 1.29 is 0 Å². The van der Waals surface area contributed by atoms with Crippen LogP contribution >= 0.6 is 0 Å². The maximum absolute atomic E-state index is 5.89. The Morgan fingerprint density at radius 1 is 1.05 bits per heavy atom. The van der Waals surface area contributed by atoms with E-state index in [1.165, 1.54) is 11.1 Å². The minimum absolute atomic E-state index is 0.0634. The van der Waals surface area contributed by atoms with Crippen LogP contribution in [0, 0.1) is 13.8 Å². The molecular weight excluding hydrogens is 246 g/mol. The maximum atomic E-state index is 5.89. The van der Waals surface area contributed by atoms with Gasteiger partial charge in [-0.3, -0.25) is 4.57 Å². The highest BCUT2D eigenvalue weighted by Gasteiger charge is 2.07. The van der Waals surface area contributed by atoms with Crippen LogP contribution in [0.1, 0.15) is 29.7 Å². The molecule has 0 fully saturated rings. The van der Waals surface area contributed by atoms with Crippen LogP contribution in [0.4, 0.5) is 0 Å². The van der Waals surface area contributed by atoms with E-state index in [1.807, 2.05) is 13.3 Å². The van der Waals surface area contributed by atoms with Gasteiger partial charge in [0.05, 0.1) is 11.0 Å². The van der Waals surface area contributed by atoms with E-state index in [9.17, 15) is 0 Å². The summed E-state index contributed by atoms with van der Waals surface area (Å²) in [6, 6.07) is 12.7. The largest absolute Gasteiger partial charge is 0.324 e. The number of hydrogen-bond donors (Lipinski definition) is 1. The first-order valence-electron chi connectivity index (χ1n) is 6.86. The van der Waals surface area contributed by atoms with E-state index in [0.29, 0.717) is 0 Å². The molecule has 3 nitrogen and oxygen atoms in total. The lowest BCUT2D eigenvalue weighted by Crippen LogP contribution is -2.04. The van der Waals surface area contributed by atoms with Crippen molar-refractivity contribution in [2.24, 2.45) is 5.73 Å². The molecule has 1 unspecified atom stereocenters. The van der Waals surface area contributed by atoms with E-state index >= 15 is 0 Å². The second kappa shape index (κ2) is 4.76. The van der Waals surface area contributed by atoms with E-state index in [0.717, 1.165) is 22.3 Å². The second-order valence-electron chi connectivity index (χ2n) is 5.42. The average Bonchev–Trinajstić information content (AvgIpc) is 2.82. The fourth-order valence-corrected chi connectivity index (χ4v) is 2.41. The molecule has 0 saturated carbocycles. The van der Waals surface area contributed by atoms with Crippen molar-refractivity contribution in [1.82, 2.24) is 9.55 Å². The number of rotatable bonds is 2. The Bertz CT molecular complexity index is 752. The highest BCUT2D eigenvalue weighted by Crippen LogP contribution is 2.22. The van der Waals surface area contributed by atoms with Crippen molar-refractivity contribution >= 4 is 11.0 Å². The molecule has 3 rings (SSSR count). The van der Waals surface area contributed by atoms with Gasteiger partial charge in [-0.15, -0.1) is 0 Å². The molecule has 0 spiro atoms. The number of aryl methyl sites for hydroxylation is 2. The SMILES string of the molecule is Cc1cc2ncn(-c3ccc(C(C)N)cc3)c2cc1C. The Labute approximate surface area is 119 Å². The quantitative estimate of drug-likeness (QED) is 0.768. The summed E-state index contributed by atoms with van der Waals surface area (Å²) in [7, 11) is 0. The van der Waals surface area contributed by atoms with Gasteiger partial charge in [-0.25, -0.2) is 4.98 Å². The highest BCUT2D eigenvalue weighted by molar-refractivity contribution is 5.79. The standard InChI is InChI=1S/C17H19N3/c1-11-8-16-17(9-12(11)2)20(10-19-16)15-6-4-14(5-7-15)13(3)18/h4-10,13H,18H2,1-3H3. The Morgan fingerprint density at radius 2 is 1.70 bits per heavy atom. The molecule has 102 valence electrons. The third-order valence-electron chi connectivity index (χ3n) is 3.86. The molecule has 0 aliphatic heterocycles. The van der Waals surface area contributed by atoms with Crippen molar-refractivity contribution in [3.8, 4) is 5.69 Å². The summed E-state index contributed by atoms with van der Waals surface area (Å²) in [5.41, 5.74) is 12.9. The first-order chi connectivity index (χ1) is 9.56. The molecule has 2 N–H and O–H groups in total. The van der Waals surface area contributed by atoms with Crippen LogP contribution in [0.3, 0.4) is 0 Å². The zero-order valence-electron chi connectivity index (χ0n) is 12.1. The minimum Gasteiger partial charge on any atom is -0.324 e. The lowest BCUT2D eigenvalue weighted by molar-refractivity contribution is 0.817. The van der Waals surface area contributed by atoms with Gasteiger partial charge in [0, 0.05) is 11.7 Å². The summed E-state index contributed by atoms with van der Waals surface area (Å²) >= 11 is 0. The number of fused-ring (bicyclic) bond motifs is 1. The molecule has 3 heteroatoms. The van der Waals surface area contributed by atoms with E-state index in [4.69, 9.17) is 5.73 Å². The van der Waals surface area contributed by atoms with E-state index in [-0.39, 0.29) is 6.04 Å². The molecule has 1 atom stereocenters. The number of nitrogens with zero attached hydrogens (tertiary/aromatic N) is 2. The molecular formula is C17H19N3. The van der Waals surface area contributed by atoms with Crippen molar-refractivity contribution in [2.45, 2.75) is 26.8 Å². The molecule has 0 aliphatic rings. The van der Waals surface area contributed by atoms with Crippen LogP contribution in [0.15, 0.2) is 42.7 Å². The van der Waals surface area contributed by atoms with Gasteiger partial charge in [0.1, 0.15) is 6.33 Å². The van der Waals surface area contributed by atoms with Crippen LogP contribution in [0.5, 0.6) is 0 Å². The van der Waals surface area contributed by atoms with Gasteiger partial charge in [0.25, 0.3) is 0 Å². The molecule has 2 aromatic carbocycles. The van der Waals surface area contributed by atoms with Gasteiger partial charge in [0.15, 0.2) is 0 Å². The summed E-state index contributed by atoms with van der Waals surface area (Å²) in [4.78, 5) is 4.49. The first kappa shape index (κ1) is 12.9. The van der Waals surface area contributed by atoms with Gasteiger partial charge < -0.3 is 5.73 Å². The minimum atomic E-state index is 0.0634. The first-order valence-corrected chi connectivity index (χ1v) is 6.86. The lowest BCUT2D eigenvalue weighted by atomic mass is 10.1. The molecule has 1 heterocycles. The Kier molecular flexibility index (Phi) is 3.07. The van der Waals surface area contributed by atoms with E-state index in [1.54, 1.807) is 0 Å². The molecule has 0 saturated heterocycles. The molecule has 1 aromatic heterocycles. The van der Waals surface area contributed by atoms with Gasteiger partial charge in [-0.2, -0.15) is 0 Å². The Morgan fingerprint density at radius 3 is 2.35 bits per heavy atom. The zero-order chi connectivity index (χ0) is 14.3. The van der Waals surface area contributed by atoms with Crippen molar-refractivity contribution in [2.75, 3.05) is 0 Å². The maximum Gasteiger partial charge on any atom is 0.100 e. The molecule has 0 radical (unpaired) electrons. The summed E-state index contributed by atoms with van der Waals surface area (Å²) in [5, 5.41) is 0. The number of aromatic nitrogens is 2. The third kappa shape index (κ3) is 2.10. The number of imidazole rings is 1. The fraction of sp³-hybridized carbons (Fsp3) is 0.235. The fourth-order valence-electron chi connectivity index (χ4n) is 2.41. The third-order valence-corrected chi connectivity index (χ3v) is 3.86. The predicted octanol–water partition coefficient (Wildman–Crippen LogP) is 3.66. The average molecular weight is 265 g/mol. The summed E-state index contributed by atoms with van der Waals surface area (Å²) in [6.45, 7) is 6.24. The smallest absolute Gasteiger partial charge is 0.100 e.